The van der Waals surface area contributed by atoms with Crippen LogP contribution in [0.1, 0.15) is 6.42 Å². The number of aliphatic carboxylic acids is 1. The van der Waals surface area contributed by atoms with Crippen molar-refractivity contribution in [3.63, 3.8) is 0 Å². The Morgan fingerprint density at radius 1 is 1.67 bits per heavy atom. The summed E-state index contributed by atoms with van der Waals surface area (Å²) in [5.74, 6) is -1.07. The molecule has 0 spiro atoms. The topological polar surface area (TPSA) is 49.8 Å². The number of hydrogen-bond acceptors (Lipinski definition) is 3. The monoisotopic (exact) mass is 173 g/mol. The molecule has 4 heteroatoms. The summed E-state index contributed by atoms with van der Waals surface area (Å²) in [6.07, 6.45) is 0.533. The molecule has 1 fully saturated rings. The predicted molar refractivity (Wildman–Crippen MR) is 44.0 cm³/mol. The second kappa shape index (κ2) is 3.87. The molecular weight excluding hydrogens is 158 g/mol. The molecule has 2 unspecified atom stereocenters. The Labute approximate surface area is 72.1 Å². The molecule has 1 aliphatic rings. The van der Waals surface area contributed by atoms with Crippen molar-refractivity contribution in [2.45, 2.75) is 12.5 Å². The average molecular weight is 173 g/mol. The molecule has 0 aliphatic carbocycles. The lowest BCUT2D eigenvalue weighted by atomic mass is 9.94. The molecule has 0 bridgehead atoms. The summed E-state index contributed by atoms with van der Waals surface area (Å²) in [5.41, 5.74) is 0. The normalized spacial score (nSPS) is 31.8. The minimum Gasteiger partial charge on any atom is -0.481 e. The van der Waals surface area contributed by atoms with E-state index < -0.39 is 5.97 Å². The molecular formula is C8H15NO3. The smallest absolute Gasteiger partial charge is 0.309 e. The van der Waals surface area contributed by atoms with Gasteiger partial charge in [0.15, 0.2) is 0 Å². The van der Waals surface area contributed by atoms with E-state index in [1.165, 1.54) is 0 Å². The third-order valence-corrected chi connectivity index (χ3v) is 2.38. The number of ether oxygens (including phenoxy) is 1. The molecule has 0 saturated carbocycles. The molecule has 2 atom stereocenters. The van der Waals surface area contributed by atoms with Gasteiger partial charge in [0.25, 0.3) is 0 Å². The lowest BCUT2D eigenvalue weighted by molar-refractivity contribution is -0.149. The second-order valence-corrected chi connectivity index (χ2v) is 3.27. The highest BCUT2D eigenvalue weighted by atomic mass is 16.5. The number of nitrogens with zero attached hydrogens (tertiary/aromatic N) is 1. The lowest BCUT2D eigenvalue weighted by Crippen LogP contribution is -2.45. The number of rotatable bonds is 2. The van der Waals surface area contributed by atoms with E-state index >= 15 is 0 Å². The van der Waals surface area contributed by atoms with E-state index in [4.69, 9.17) is 9.84 Å². The van der Waals surface area contributed by atoms with Gasteiger partial charge in [-0.1, -0.05) is 0 Å². The fourth-order valence-corrected chi connectivity index (χ4v) is 1.59. The van der Waals surface area contributed by atoms with E-state index in [1.54, 1.807) is 7.11 Å². The SMILES string of the molecule is COC1CN(C)CCC1C(=O)O. The van der Waals surface area contributed by atoms with E-state index in [2.05, 4.69) is 4.90 Å². The molecule has 12 heavy (non-hydrogen) atoms. The van der Waals surface area contributed by atoms with Crippen LogP contribution in [0.4, 0.5) is 0 Å². The van der Waals surface area contributed by atoms with Crippen LogP contribution in [0.25, 0.3) is 0 Å². The first-order valence-corrected chi connectivity index (χ1v) is 4.09. The van der Waals surface area contributed by atoms with Gasteiger partial charge in [0, 0.05) is 13.7 Å². The van der Waals surface area contributed by atoms with Crippen molar-refractivity contribution in [2.75, 3.05) is 27.2 Å². The van der Waals surface area contributed by atoms with Gasteiger partial charge in [-0.15, -0.1) is 0 Å². The van der Waals surface area contributed by atoms with Crippen molar-refractivity contribution in [2.24, 2.45) is 5.92 Å². The highest BCUT2D eigenvalue weighted by Gasteiger charge is 2.32. The third-order valence-electron chi connectivity index (χ3n) is 2.38. The maximum absolute atomic E-state index is 10.7. The van der Waals surface area contributed by atoms with Gasteiger partial charge in [-0.3, -0.25) is 4.79 Å². The molecule has 4 nitrogen and oxygen atoms in total. The molecule has 1 rings (SSSR count). The van der Waals surface area contributed by atoms with Crippen LogP contribution in [-0.4, -0.2) is 49.3 Å². The van der Waals surface area contributed by atoms with Crippen LogP contribution in [0.2, 0.25) is 0 Å². The number of carboxylic acid groups (broad SMARTS) is 1. The zero-order chi connectivity index (χ0) is 9.14. The predicted octanol–water partition coefficient (Wildman–Crippen LogP) is 0.0377. The number of likely N-dealkylation sites (N-methyl/N-ethyl adjacent to an activating group) is 1. The summed E-state index contributed by atoms with van der Waals surface area (Å²) in [5, 5.41) is 8.83. The highest BCUT2D eigenvalue weighted by molar-refractivity contribution is 5.70. The molecule has 1 saturated heterocycles. The van der Waals surface area contributed by atoms with Gasteiger partial charge >= 0.3 is 5.97 Å². The van der Waals surface area contributed by atoms with Crippen LogP contribution in [0, 0.1) is 5.92 Å². The number of carboxylic acids is 1. The van der Waals surface area contributed by atoms with E-state index in [0.29, 0.717) is 13.0 Å². The zero-order valence-electron chi connectivity index (χ0n) is 7.49. The number of piperidine rings is 1. The van der Waals surface area contributed by atoms with Crippen LogP contribution < -0.4 is 0 Å². The fourth-order valence-electron chi connectivity index (χ4n) is 1.59. The summed E-state index contributed by atoms with van der Waals surface area (Å²) in [7, 11) is 3.55. The van der Waals surface area contributed by atoms with E-state index in [-0.39, 0.29) is 12.0 Å². The van der Waals surface area contributed by atoms with Gasteiger partial charge in [0.2, 0.25) is 0 Å². The summed E-state index contributed by atoms with van der Waals surface area (Å²) in [6.45, 7) is 1.56. The van der Waals surface area contributed by atoms with Crippen LogP contribution >= 0.6 is 0 Å². The van der Waals surface area contributed by atoms with Crippen LogP contribution in [0.5, 0.6) is 0 Å². The van der Waals surface area contributed by atoms with Crippen LogP contribution in [-0.2, 0) is 9.53 Å². The Kier molecular flexibility index (Phi) is 3.05. The number of hydrogen-bond donors (Lipinski definition) is 1. The summed E-state index contributed by atoms with van der Waals surface area (Å²) >= 11 is 0. The molecule has 1 aliphatic heterocycles. The quantitative estimate of drug-likeness (QED) is 0.640. The average Bonchev–Trinajstić information content (AvgIpc) is 2.03. The number of carbonyl (C=O) groups is 1. The highest BCUT2D eigenvalue weighted by Crippen LogP contribution is 2.18. The minimum atomic E-state index is -0.741. The van der Waals surface area contributed by atoms with E-state index in [0.717, 1.165) is 6.54 Å². The Hall–Kier alpha value is -0.610. The van der Waals surface area contributed by atoms with Gasteiger partial charge in [0.1, 0.15) is 0 Å². The molecule has 0 aromatic heterocycles. The maximum Gasteiger partial charge on any atom is 0.309 e. The Morgan fingerprint density at radius 3 is 2.83 bits per heavy atom. The Bertz CT molecular complexity index is 172. The van der Waals surface area contributed by atoms with Crippen molar-refractivity contribution >= 4 is 5.97 Å². The second-order valence-electron chi connectivity index (χ2n) is 3.27. The fraction of sp³-hybridized carbons (Fsp3) is 0.875. The van der Waals surface area contributed by atoms with Crippen LogP contribution in [0.3, 0.4) is 0 Å². The van der Waals surface area contributed by atoms with E-state index in [9.17, 15) is 4.79 Å². The summed E-state index contributed by atoms with van der Waals surface area (Å²) < 4.78 is 5.11. The first-order chi connectivity index (χ1) is 5.65. The zero-order valence-corrected chi connectivity index (χ0v) is 7.49. The number of likely N-dealkylation sites (tertiary alicyclic amines) is 1. The first kappa shape index (κ1) is 9.48. The van der Waals surface area contributed by atoms with Crippen molar-refractivity contribution in [1.82, 2.24) is 4.90 Å². The molecule has 0 aromatic carbocycles. The molecule has 0 aromatic rings. The van der Waals surface area contributed by atoms with Crippen molar-refractivity contribution in [1.29, 1.82) is 0 Å². The van der Waals surface area contributed by atoms with Crippen LogP contribution in [0.15, 0.2) is 0 Å². The van der Waals surface area contributed by atoms with Gasteiger partial charge in [-0.2, -0.15) is 0 Å². The largest absolute Gasteiger partial charge is 0.481 e. The maximum atomic E-state index is 10.7. The standard InChI is InChI=1S/C8H15NO3/c1-9-4-3-6(8(10)11)7(5-9)12-2/h6-7H,3-5H2,1-2H3,(H,10,11). The first-order valence-electron chi connectivity index (χ1n) is 4.09. The van der Waals surface area contributed by atoms with Gasteiger partial charge in [0.05, 0.1) is 12.0 Å². The van der Waals surface area contributed by atoms with Gasteiger partial charge in [-0.05, 0) is 20.0 Å². The van der Waals surface area contributed by atoms with Gasteiger partial charge in [-0.25, -0.2) is 0 Å². The van der Waals surface area contributed by atoms with Crippen molar-refractivity contribution < 1.29 is 14.6 Å². The van der Waals surface area contributed by atoms with Gasteiger partial charge < -0.3 is 14.7 Å². The number of methoxy groups -OCH3 is 1. The lowest BCUT2D eigenvalue weighted by Gasteiger charge is -2.33. The molecule has 1 heterocycles. The van der Waals surface area contributed by atoms with Crippen molar-refractivity contribution in [3.05, 3.63) is 0 Å². The van der Waals surface area contributed by atoms with Crippen molar-refractivity contribution in [3.8, 4) is 0 Å². The third kappa shape index (κ3) is 1.95. The summed E-state index contributed by atoms with van der Waals surface area (Å²) in [6, 6.07) is 0. The molecule has 70 valence electrons. The molecule has 0 radical (unpaired) electrons. The molecule has 0 amide bonds. The Morgan fingerprint density at radius 2 is 2.33 bits per heavy atom. The van der Waals surface area contributed by atoms with E-state index in [1.807, 2.05) is 7.05 Å². The minimum absolute atomic E-state index is 0.152. The summed E-state index contributed by atoms with van der Waals surface area (Å²) in [4.78, 5) is 12.8. The molecule has 1 N–H and O–H groups in total. The Balaban J connectivity index is 2.56.